The summed E-state index contributed by atoms with van der Waals surface area (Å²) in [6.45, 7) is 2.86. The summed E-state index contributed by atoms with van der Waals surface area (Å²) in [5.41, 5.74) is 2.01. The van der Waals surface area contributed by atoms with Gasteiger partial charge < -0.3 is 4.74 Å². The fraction of sp³-hybridized carbons (Fsp3) is 0.250. The monoisotopic (exact) mass is 219 g/mol. The summed E-state index contributed by atoms with van der Waals surface area (Å²) < 4.78 is 5.46. The van der Waals surface area contributed by atoms with Gasteiger partial charge in [0.05, 0.1) is 12.1 Å². The van der Waals surface area contributed by atoms with Gasteiger partial charge in [-0.2, -0.15) is 0 Å². The van der Waals surface area contributed by atoms with Crippen molar-refractivity contribution >= 4 is 22.5 Å². The number of nitrogens with zero attached hydrogens (tertiary/aromatic N) is 1. The van der Waals surface area contributed by atoms with E-state index in [-0.39, 0.29) is 5.60 Å². The van der Waals surface area contributed by atoms with Crippen LogP contribution in [0.2, 0.25) is 5.02 Å². The minimum absolute atomic E-state index is 0.133. The predicted molar refractivity (Wildman–Crippen MR) is 60.1 cm³/mol. The topological polar surface area (TPSA) is 25.4 Å². The first-order chi connectivity index (χ1) is 7.19. The second-order valence-electron chi connectivity index (χ2n) is 4.04. The van der Waals surface area contributed by atoms with Crippen LogP contribution in [0.3, 0.4) is 0 Å². The third-order valence-electron chi connectivity index (χ3n) is 2.85. The molecule has 1 atom stereocenters. The van der Waals surface area contributed by atoms with Crippen molar-refractivity contribution in [3.05, 3.63) is 41.0 Å². The molecule has 1 saturated heterocycles. The van der Waals surface area contributed by atoms with Crippen molar-refractivity contribution in [1.82, 2.24) is 4.98 Å². The van der Waals surface area contributed by atoms with Gasteiger partial charge in [-0.15, -0.1) is 0 Å². The molecule has 0 aliphatic carbocycles. The Hall–Kier alpha value is -1.12. The maximum Gasteiger partial charge on any atom is 0.114 e. The molecule has 1 aromatic carbocycles. The van der Waals surface area contributed by atoms with E-state index in [0.29, 0.717) is 0 Å². The quantitative estimate of drug-likeness (QED) is 0.689. The first kappa shape index (κ1) is 9.13. The van der Waals surface area contributed by atoms with Crippen LogP contribution in [-0.4, -0.2) is 11.6 Å². The van der Waals surface area contributed by atoms with Gasteiger partial charge in [0, 0.05) is 16.6 Å². The van der Waals surface area contributed by atoms with E-state index >= 15 is 0 Å². The minimum Gasteiger partial charge on any atom is -0.365 e. The van der Waals surface area contributed by atoms with Crippen molar-refractivity contribution in [3.63, 3.8) is 0 Å². The van der Waals surface area contributed by atoms with Crippen LogP contribution in [0.25, 0.3) is 10.9 Å². The van der Waals surface area contributed by atoms with Gasteiger partial charge in [0.2, 0.25) is 0 Å². The Bertz CT molecular complexity index is 534. The molecule has 1 fully saturated rings. The Morgan fingerprint density at radius 2 is 2.20 bits per heavy atom. The number of aromatic nitrogens is 1. The second-order valence-corrected chi connectivity index (χ2v) is 4.48. The van der Waals surface area contributed by atoms with Crippen molar-refractivity contribution in [1.29, 1.82) is 0 Å². The van der Waals surface area contributed by atoms with Gasteiger partial charge in [0.25, 0.3) is 0 Å². The third-order valence-corrected chi connectivity index (χ3v) is 3.09. The summed E-state index contributed by atoms with van der Waals surface area (Å²) in [6.07, 6.45) is 1.82. The average Bonchev–Trinajstić information content (AvgIpc) is 2.96. The summed E-state index contributed by atoms with van der Waals surface area (Å²) in [4.78, 5) is 4.31. The van der Waals surface area contributed by atoms with Crippen LogP contribution in [0, 0.1) is 0 Å². The van der Waals surface area contributed by atoms with E-state index in [1.54, 1.807) is 0 Å². The molecular formula is C12H10ClNO. The summed E-state index contributed by atoms with van der Waals surface area (Å²) in [6, 6.07) is 7.75. The van der Waals surface area contributed by atoms with Crippen molar-refractivity contribution in [2.24, 2.45) is 0 Å². The molecule has 15 heavy (non-hydrogen) atoms. The number of pyridine rings is 1. The Labute approximate surface area is 92.8 Å². The normalized spacial score (nSPS) is 24.4. The number of hydrogen-bond acceptors (Lipinski definition) is 2. The lowest BCUT2D eigenvalue weighted by molar-refractivity contribution is 0.331. The zero-order valence-electron chi connectivity index (χ0n) is 8.33. The molecule has 2 aromatic rings. The first-order valence-corrected chi connectivity index (χ1v) is 5.26. The van der Waals surface area contributed by atoms with E-state index in [4.69, 9.17) is 16.3 Å². The lowest BCUT2D eigenvalue weighted by Gasteiger charge is -2.09. The van der Waals surface area contributed by atoms with Gasteiger partial charge >= 0.3 is 0 Å². The molecule has 0 N–H and O–H groups in total. The molecule has 3 heteroatoms. The maximum absolute atomic E-state index is 5.99. The smallest absolute Gasteiger partial charge is 0.114 e. The van der Waals surface area contributed by atoms with E-state index in [2.05, 4.69) is 11.9 Å². The number of benzene rings is 1. The maximum atomic E-state index is 5.99. The van der Waals surface area contributed by atoms with Crippen LogP contribution in [0.5, 0.6) is 0 Å². The molecule has 0 saturated carbocycles. The van der Waals surface area contributed by atoms with Gasteiger partial charge in [-0.05, 0) is 36.8 Å². The molecule has 2 nitrogen and oxygen atoms in total. The summed E-state index contributed by atoms with van der Waals surface area (Å²) in [5, 5.41) is 1.83. The highest BCUT2D eigenvalue weighted by atomic mass is 35.5. The number of ether oxygens (including phenoxy) is 1. The van der Waals surface area contributed by atoms with Crippen LogP contribution < -0.4 is 0 Å². The zero-order valence-corrected chi connectivity index (χ0v) is 9.08. The second kappa shape index (κ2) is 2.94. The van der Waals surface area contributed by atoms with Gasteiger partial charge in [0.1, 0.15) is 5.60 Å². The number of fused-ring (bicyclic) bond motifs is 1. The Balaban J connectivity index is 2.33. The number of epoxide rings is 1. The van der Waals surface area contributed by atoms with Gasteiger partial charge in [-0.25, -0.2) is 0 Å². The van der Waals surface area contributed by atoms with E-state index < -0.39 is 0 Å². The van der Waals surface area contributed by atoms with E-state index in [9.17, 15) is 0 Å². The van der Waals surface area contributed by atoms with Crippen LogP contribution in [0.1, 0.15) is 12.5 Å². The summed E-state index contributed by atoms with van der Waals surface area (Å²) in [7, 11) is 0. The minimum atomic E-state index is -0.133. The number of rotatable bonds is 1. The Morgan fingerprint density at radius 1 is 1.40 bits per heavy atom. The highest BCUT2D eigenvalue weighted by Crippen LogP contribution is 2.41. The molecule has 3 rings (SSSR count). The molecule has 1 unspecified atom stereocenters. The van der Waals surface area contributed by atoms with Crippen molar-refractivity contribution in [2.75, 3.05) is 6.61 Å². The average molecular weight is 220 g/mol. The molecule has 0 radical (unpaired) electrons. The SMILES string of the molecule is CC1(c2ccnc3ccc(Cl)cc23)CO1. The molecule has 1 aliphatic rings. The van der Waals surface area contributed by atoms with Crippen LogP contribution in [-0.2, 0) is 10.3 Å². The number of hydrogen-bond donors (Lipinski definition) is 0. The highest BCUT2D eigenvalue weighted by molar-refractivity contribution is 6.31. The molecule has 2 heterocycles. The standard InChI is InChI=1S/C12H10ClNO/c1-12(7-15-12)10-4-5-14-11-3-2-8(13)6-9(10)11/h2-6H,7H2,1H3. The van der Waals surface area contributed by atoms with E-state index in [1.165, 1.54) is 5.56 Å². The lowest BCUT2D eigenvalue weighted by atomic mass is 9.98. The molecule has 0 amide bonds. The summed E-state index contributed by atoms with van der Waals surface area (Å²) >= 11 is 5.99. The first-order valence-electron chi connectivity index (χ1n) is 4.88. The van der Waals surface area contributed by atoms with Gasteiger partial charge in [-0.3, -0.25) is 4.98 Å². The number of halogens is 1. The van der Waals surface area contributed by atoms with Gasteiger partial charge in [-0.1, -0.05) is 11.6 Å². The van der Waals surface area contributed by atoms with Crippen LogP contribution in [0.15, 0.2) is 30.5 Å². The van der Waals surface area contributed by atoms with E-state index in [1.807, 2.05) is 30.5 Å². The van der Waals surface area contributed by atoms with Crippen LogP contribution in [0.4, 0.5) is 0 Å². The molecule has 1 aliphatic heterocycles. The van der Waals surface area contributed by atoms with Crippen molar-refractivity contribution in [2.45, 2.75) is 12.5 Å². The third kappa shape index (κ3) is 1.41. The zero-order chi connectivity index (χ0) is 10.5. The molecule has 1 aromatic heterocycles. The van der Waals surface area contributed by atoms with Crippen molar-refractivity contribution in [3.8, 4) is 0 Å². The molecule has 76 valence electrons. The Kier molecular flexibility index (Phi) is 1.79. The molecular weight excluding hydrogens is 210 g/mol. The van der Waals surface area contributed by atoms with Crippen molar-refractivity contribution < 1.29 is 4.74 Å². The summed E-state index contributed by atoms with van der Waals surface area (Å²) in [5.74, 6) is 0. The molecule has 0 spiro atoms. The fourth-order valence-corrected chi connectivity index (χ4v) is 2.02. The molecule has 0 bridgehead atoms. The van der Waals surface area contributed by atoms with Crippen LogP contribution >= 0.6 is 11.6 Å². The largest absolute Gasteiger partial charge is 0.365 e. The van der Waals surface area contributed by atoms with Gasteiger partial charge in [0.15, 0.2) is 0 Å². The predicted octanol–water partition coefficient (Wildman–Crippen LogP) is 3.13. The highest BCUT2D eigenvalue weighted by Gasteiger charge is 2.42. The fourth-order valence-electron chi connectivity index (χ4n) is 1.84. The Morgan fingerprint density at radius 3 is 2.93 bits per heavy atom. The van der Waals surface area contributed by atoms with E-state index in [0.717, 1.165) is 22.5 Å². The lowest BCUT2D eigenvalue weighted by Crippen LogP contribution is -2.03.